The highest BCUT2D eigenvalue weighted by Gasteiger charge is 2.40. The van der Waals surface area contributed by atoms with Crippen LogP contribution >= 0.6 is 0 Å². The Kier molecular flexibility index (Phi) is 17.8. The number of carboxylic acids is 1. The number of nitrogens with two attached hydrogens (primary N) is 1. The Bertz CT molecular complexity index is 2540. The molecule has 0 spiro atoms. The van der Waals surface area contributed by atoms with Gasteiger partial charge >= 0.3 is 12.1 Å². The van der Waals surface area contributed by atoms with Crippen LogP contribution in [0, 0.1) is 0 Å². The van der Waals surface area contributed by atoms with E-state index in [0.29, 0.717) is 13.2 Å². The summed E-state index contributed by atoms with van der Waals surface area (Å²) in [4.78, 5) is 42.4. The molecule has 5 aliphatic rings. The fourth-order valence-corrected chi connectivity index (χ4v) is 10.1. The quantitative estimate of drug-likeness (QED) is 0.101. The number of carbonyl (C=O) groups is 2. The van der Waals surface area contributed by atoms with E-state index >= 15 is 0 Å². The molecule has 15 nitrogen and oxygen atoms in total. The van der Waals surface area contributed by atoms with Gasteiger partial charge in [0.05, 0.1) is 19.3 Å². The molecule has 6 N–H and O–H groups in total. The van der Waals surface area contributed by atoms with Crippen molar-refractivity contribution >= 4 is 23.9 Å². The second-order valence-electron chi connectivity index (χ2n) is 23.0. The van der Waals surface area contributed by atoms with Crippen molar-refractivity contribution in [3.05, 3.63) is 83.2 Å². The first kappa shape index (κ1) is 57.2. The summed E-state index contributed by atoms with van der Waals surface area (Å²) in [5.41, 5.74) is 14.8. The maximum absolute atomic E-state index is 10.6. The van der Waals surface area contributed by atoms with Crippen LogP contribution in [0.5, 0.6) is 0 Å². The first-order valence-corrected chi connectivity index (χ1v) is 25.4. The highest BCUT2D eigenvalue weighted by Crippen LogP contribution is 2.48. The number of carbonyl (C=O) groups excluding carboxylic acids is 1. The predicted molar refractivity (Wildman–Crippen MR) is 277 cm³/mol. The van der Waals surface area contributed by atoms with E-state index in [-0.39, 0.29) is 46.5 Å². The Morgan fingerprint density at radius 1 is 0.767 bits per heavy atom. The molecule has 3 fully saturated rings. The molecule has 0 radical (unpaired) electrons. The lowest BCUT2D eigenvalue weighted by Crippen LogP contribution is -2.38. The van der Waals surface area contributed by atoms with E-state index in [1.165, 1.54) is 47.9 Å². The van der Waals surface area contributed by atoms with Gasteiger partial charge in [0.1, 0.15) is 17.7 Å². The van der Waals surface area contributed by atoms with Crippen LogP contribution < -0.4 is 20.9 Å². The molecule has 3 aliphatic heterocycles. The summed E-state index contributed by atoms with van der Waals surface area (Å²) in [7, 11) is 0. The summed E-state index contributed by atoms with van der Waals surface area (Å²) in [5.74, 6) is 0.185. The Labute approximate surface area is 428 Å². The van der Waals surface area contributed by atoms with E-state index in [2.05, 4.69) is 117 Å². The number of aliphatic hydroxyl groups excluding tert-OH is 2. The average molecular weight is 1020 g/mol. The molecule has 9 rings (SSSR count). The summed E-state index contributed by atoms with van der Waals surface area (Å²) in [6.45, 7) is 26.5. The molecule has 400 valence electrons. The van der Waals surface area contributed by atoms with Crippen LogP contribution in [-0.2, 0) is 40.7 Å². The Hall–Kier alpha value is -5.11. The monoisotopic (exact) mass is 1020 g/mol. The first-order valence-electron chi connectivity index (χ1n) is 25.4. The van der Waals surface area contributed by atoms with Crippen molar-refractivity contribution in [3.8, 4) is 22.8 Å². The van der Waals surface area contributed by atoms with Gasteiger partial charge in [0.2, 0.25) is 0 Å². The number of aliphatic carboxylic acids is 1. The van der Waals surface area contributed by atoms with E-state index in [0.717, 1.165) is 79.7 Å². The lowest BCUT2D eigenvalue weighted by molar-refractivity contribution is -0.192. The topological polar surface area (TPSA) is 209 Å². The normalized spacial score (nSPS) is 23.3. The number of halogens is 3. The Morgan fingerprint density at radius 3 is 1.60 bits per heavy atom. The molecule has 2 aromatic heterocycles. The maximum atomic E-state index is 10.6. The maximum Gasteiger partial charge on any atom is 0.490 e. The number of fused-ring (bicyclic) bond motifs is 2. The van der Waals surface area contributed by atoms with E-state index in [4.69, 9.17) is 40.2 Å². The third-order valence-corrected chi connectivity index (χ3v) is 14.8. The highest BCUT2D eigenvalue weighted by atomic mass is 19.4. The van der Waals surface area contributed by atoms with Gasteiger partial charge in [-0.05, 0) is 121 Å². The number of rotatable bonds is 9. The zero-order valence-corrected chi connectivity index (χ0v) is 44.2. The van der Waals surface area contributed by atoms with Crippen LogP contribution in [0.1, 0.15) is 130 Å². The molecule has 73 heavy (non-hydrogen) atoms. The van der Waals surface area contributed by atoms with Crippen molar-refractivity contribution in [2.75, 3.05) is 55.7 Å². The molecule has 0 bridgehead atoms. The van der Waals surface area contributed by atoms with Crippen LogP contribution in [-0.4, -0.2) is 130 Å². The number of anilines is 2. The number of alkyl halides is 3. The summed E-state index contributed by atoms with van der Waals surface area (Å²) >= 11 is 0. The molecule has 0 unspecified atom stereocenters. The van der Waals surface area contributed by atoms with Gasteiger partial charge in [0.25, 0.3) is 0 Å². The van der Waals surface area contributed by atoms with Crippen LogP contribution in [0.2, 0.25) is 0 Å². The smallest absolute Gasteiger partial charge is 0.475 e. The molecule has 3 saturated heterocycles. The minimum absolute atomic E-state index is 0.158. The predicted octanol–water partition coefficient (Wildman–Crippen LogP) is 8.01. The van der Waals surface area contributed by atoms with E-state index in [1.54, 1.807) is 13.8 Å². The number of aromatic nitrogens is 4. The van der Waals surface area contributed by atoms with Gasteiger partial charge in [-0.2, -0.15) is 13.2 Å². The lowest BCUT2D eigenvalue weighted by Gasteiger charge is -2.42. The third-order valence-electron chi connectivity index (χ3n) is 14.8. The van der Waals surface area contributed by atoms with Crippen molar-refractivity contribution in [1.82, 2.24) is 25.3 Å². The van der Waals surface area contributed by atoms with Gasteiger partial charge in [0.15, 0.2) is 23.7 Å². The van der Waals surface area contributed by atoms with Gasteiger partial charge in [-0.15, -0.1) is 0 Å². The molecule has 4 aromatic rings. The molecule has 2 aliphatic carbocycles. The standard InChI is InChI=1S/C25H36N4O2.C22H30N4.C6H10O3.C2HF3O2/c1-24(2)9-10-25(3,4)21-13-17(5-6-20(21)24)23-26-11-7-22(28-23)29-12-8-18(15-29)27-14-19(31)16-30;1-21(2)9-10-22(3,4)18-13-15(5-6-17(18)21)20-24-11-7-19(25-20)26-12-8-16(23)14-26;1-6(2)8-4-5(3-7)9-6;3-2(4,5)1(6)7/h5-7,11,13,18-19,27,30-31H,8-10,12,14-16H2,1-4H3;5-7,11,13,16H,8-10,12,14,23H2,1-4H3;3,5H,4H2,1-2H3;(H,6,7)/t18-,19+;16-;5-;/m110./s1. The van der Waals surface area contributed by atoms with E-state index in [9.17, 15) is 23.1 Å². The molecule has 18 heteroatoms. The van der Waals surface area contributed by atoms with E-state index in [1.807, 2.05) is 24.5 Å². The third kappa shape index (κ3) is 14.6. The number of nitrogens with zero attached hydrogens (tertiary/aromatic N) is 6. The van der Waals surface area contributed by atoms with Crippen LogP contribution in [0.15, 0.2) is 60.9 Å². The van der Waals surface area contributed by atoms with Crippen molar-refractivity contribution in [1.29, 1.82) is 0 Å². The second kappa shape index (κ2) is 22.8. The van der Waals surface area contributed by atoms with Gasteiger partial charge in [-0.3, -0.25) is 0 Å². The summed E-state index contributed by atoms with van der Waals surface area (Å²) < 4.78 is 41.9. The fourth-order valence-electron chi connectivity index (χ4n) is 10.1. The van der Waals surface area contributed by atoms with Crippen LogP contribution in [0.25, 0.3) is 22.8 Å². The number of carboxylic acid groups (broad SMARTS) is 1. The number of benzene rings is 2. The number of hydrogen-bond acceptors (Lipinski definition) is 14. The van der Waals surface area contributed by atoms with Crippen LogP contribution in [0.4, 0.5) is 24.8 Å². The Morgan fingerprint density at radius 2 is 1.22 bits per heavy atom. The zero-order chi connectivity index (χ0) is 53.7. The average Bonchev–Trinajstić information content (AvgIpc) is 4.11. The van der Waals surface area contributed by atoms with Crippen molar-refractivity contribution in [3.63, 3.8) is 0 Å². The molecular formula is C55H77F3N8O7. The highest BCUT2D eigenvalue weighted by molar-refractivity contribution is 5.73. The molecule has 0 saturated carbocycles. The van der Waals surface area contributed by atoms with Gasteiger partial charge < -0.3 is 50.4 Å². The summed E-state index contributed by atoms with van der Waals surface area (Å²) in [6.07, 6.45) is 5.17. The number of ether oxygens (including phenoxy) is 2. The van der Waals surface area contributed by atoms with Crippen molar-refractivity contribution in [2.45, 2.75) is 166 Å². The van der Waals surface area contributed by atoms with Gasteiger partial charge in [-0.1, -0.05) is 79.7 Å². The minimum atomic E-state index is -5.08. The van der Waals surface area contributed by atoms with Crippen molar-refractivity contribution < 1.29 is 47.6 Å². The van der Waals surface area contributed by atoms with Crippen LogP contribution in [0.3, 0.4) is 0 Å². The number of aldehydes is 1. The van der Waals surface area contributed by atoms with Crippen molar-refractivity contribution in [2.24, 2.45) is 5.73 Å². The second-order valence-corrected chi connectivity index (χ2v) is 23.0. The molecule has 4 atom stereocenters. The van der Waals surface area contributed by atoms with Gasteiger partial charge in [0, 0.05) is 68.3 Å². The fraction of sp³-hybridized carbons (Fsp3) is 0.600. The Balaban J connectivity index is 0.000000185. The SMILES string of the molecule is CC1(C)CCC(C)(C)c2cc(-c3nccc(N4CC[C@@H](N)C4)n3)ccc21.CC1(C)CCC(C)(C)c2cc(-c3nccc(N4CC[C@@H](NC[C@H](O)CO)C4)n3)ccc21.CC1(C)OC[C@H](C=O)O1.O=C(O)C(F)(F)F. The number of nitrogens with one attached hydrogen (secondary N) is 1. The zero-order valence-electron chi connectivity index (χ0n) is 44.2. The summed E-state index contributed by atoms with van der Waals surface area (Å²) in [5, 5.41) is 29.0. The van der Waals surface area contributed by atoms with E-state index < -0.39 is 24.0 Å². The largest absolute Gasteiger partial charge is 0.490 e. The first-order chi connectivity index (χ1) is 34.0. The summed E-state index contributed by atoms with van der Waals surface area (Å²) in [6, 6.07) is 18.1. The molecule has 2 aromatic carbocycles. The number of aliphatic hydroxyl groups is 2. The molecule has 0 amide bonds. The molecule has 5 heterocycles. The lowest BCUT2D eigenvalue weighted by atomic mass is 9.63. The van der Waals surface area contributed by atoms with Gasteiger partial charge in [-0.25, -0.2) is 24.7 Å². The number of hydrogen-bond donors (Lipinski definition) is 5. The minimum Gasteiger partial charge on any atom is -0.475 e. The molecular weight excluding hydrogens is 942 g/mol.